The van der Waals surface area contributed by atoms with E-state index < -0.39 is 0 Å². The number of halogens is 1. The van der Waals surface area contributed by atoms with E-state index in [1.54, 1.807) is 41.4 Å². The number of amides is 1. The number of hydrogen-bond donors (Lipinski definition) is 0. The Bertz CT molecular complexity index is 871. The second-order valence-electron chi connectivity index (χ2n) is 5.42. The van der Waals surface area contributed by atoms with Crippen LogP contribution < -0.4 is 0 Å². The van der Waals surface area contributed by atoms with Crippen LogP contribution in [0.2, 0.25) is 0 Å². The first-order valence-corrected chi connectivity index (χ1v) is 8.58. The second kappa shape index (κ2) is 7.40. The fraction of sp³-hybridized carbons (Fsp3) is 0.167. The average Bonchev–Trinajstić information content (AvgIpc) is 3.24. The molecule has 25 heavy (non-hydrogen) atoms. The van der Waals surface area contributed by atoms with Gasteiger partial charge in [0.05, 0.1) is 12.2 Å². The molecule has 1 amide bonds. The molecule has 0 fully saturated rings. The lowest BCUT2D eigenvalue weighted by Gasteiger charge is -2.18. The van der Waals surface area contributed by atoms with Gasteiger partial charge in [0.2, 0.25) is 5.82 Å². The average molecular weight is 356 g/mol. The summed E-state index contributed by atoms with van der Waals surface area (Å²) in [4.78, 5) is 19.8. The van der Waals surface area contributed by atoms with Crippen molar-refractivity contribution >= 4 is 17.2 Å². The Labute approximate surface area is 149 Å². The molecule has 3 rings (SSSR count). The van der Waals surface area contributed by atoms with Crippen molar-refractivity contribution < 1.29 is 9.18 Å². The van der Waals surface area contributed by atoms with E-state index >= 15 is 0 Å². The Morgan fingerprint density at radius 2 is 2.12 bits per heavy atom. The third-order valence-electron chi connectivity index (χ3n) is 3.59. The fourth-order valence-corrected chi connectivity index (χ4v) is 3.13. The molecule has 0 aliphatic rings. The van der Waals surface area contributed by atoms with Gasteiger partial charge in [-0.25, -0.2) is 14.1 Å². The molecule has 0 atom stereocenters. The summed E-state index contributed by atoms with van der Waals surface area (Å²) < 4.78 is 14.6. The molecule has 0 spiro atoms. The summed E-state index contributed by atoms with van der Waals surface area (Å²) in [7, 11) is 0. The second-order valence-corrected chi connectivity index (χ2v) is 6.46. The van der Waals surface area contributed by atoms with Crippen LogP contribution in [0.3, 0.4) is 0 Å². The Hall–Kier alpha value is -2.80. The van der Waals surface area contributed by atoms with E-state index in [4.69, 9.17) is 0 Å². The number of nitrogens with zero attached hydrogens (tertiary/aromatic N) is 4. The third-order valence-corrected chi connectivity index (χ3v) is 4.46. The minimum Gasteiger partial charge on any atom is -0.327 e. The minimum atomic E-state index is -0.328. The van der Waals surface area contributed by atoms with Crippen molar-refractivity contribution in [3.63, 3.8) is 0 Å². The van der Waals surface area contributed by atoms with Crippen LogP contribution in [0, 0.1) is 12.7 Å². The van der Waals surface area contributed by atoms with E-state index in [-0.39, 0.29) is 17.5 Å². The Morgan fingerprint density at radius 1 is 1.36 bits per heavy atom. The van der Waals surface area contributed by atoms with Crippen LogP contribution in [-0.2, 0) is 6.54 Å². The molecule has 2 heterocycles. The van der Waals surface area contributed by atoms with Crippen molar-refractivity contribution in [2.75, 3.05) is 6.54 Å². The summed E-state index contributed by atoms with van der Waals surface area (Å²) in [5, 5.41) is 6.27. The van der Waals surface area contributed by atoms with E-state index in [0.717, 1.165) is 4.88 Å². The summed E-state index contributed by atoms with van der Waals surface area (Å²) in [6, 6.07) is 9.81. The van der Waals surface area contributed by atoms with E-state index in [9.17, 15) is 9.18 Å². The van der Waals surface area contributed by atoms with Gasteiger partial charge in [-0.2, -0.15) is 0 Å². The molecule has 0 N–H and O–H groups in total. The Morgan fingerprint density at radius 3 is 2.76 bits per heavy atom. The number of benzene rings is 1. The summed E-state index contributed by atoms with van der Waals surface area (Å²) >= 11 is 1.59. The van der Waals surface area contributed by atoms with Crippen LogP contribution in [0.4, 0.5) is 4.39 Å². The lowest BCUT2D eigenvalue weighted by atomic mass is 10.3. The quantitative estimate of drug-likeness (QED) is 0.634. The lowest BCUT2D eigenvalue weighted by Crippen LogP contribution is -2.31. The first kappa shape index (κ1) is 17.0. The van der Waals surface area contributed by atoms with Gasteiger partial charge in [0.15, 0.2) is 0 Å². The molecule has 0 aliphatic heterocycles. The molecule has 5 nitrogen and oxygen atoms in total. The van der Waals surface area contributed by atoms with E-state index in [2.05, 4.69) is 16.7 Å². The predicted molar refractivity (Wildman–Crippen MR) is 95.3 cm³/mol. The van der Waals surface area contributed by atoms with Crippen LogP contribution >= 0.6 is 11.3 Å². The maximum absolute atomic E-state index is 13.1. The maximum Gasteiger partial charge on any atom is 0.294 e. The topological polar surface area (TPSA) is 51.0 Å². The molecule has 1 aromatic carbocycles. The van der Waals surface area contributed by atoms with E-state index in [1.807, 2.05) is 17.5 Å². The number of aryl methyl sites for hydroxylation is 1. The molecular formula is C18H17FN4OS. The van der Waals surface area contributed by atoms with Crippen LogP contribution in [0.1, 0.15) is 21.3 Å². The highest BCUT2D eigenvalue weighted by atomic mass is 32.1. The highest BCUT2D eigenvalue weighted by Gasteiger charge is 2.21. The smallest absolute Gasteiger partial charge is 0.294 e. The Balaban J connectivity index is 1.86. The molecular weight excluding hydrogens is 339 g/mol. The van der Waals surface area contributed by atoms with E-state index in [1.165, 1.54) is 16.8 Å². The number of rotatable bonds is 6. The van der Waals surface area contributed by atoms with Gasteiger partial charge in [0, 0.05) is 11.4 Å². The van der Waals surface area contributed by atoms with Gasteiger partial charge in [-0.15, -0.1) is 23.0 Å². The molecule has 0 bridgehead atoms. The Kier molecular flexibility index (Phi) is 5.04. The molecule has 0 unspecified atom stereocenters. The van der Waals surface area contributed by atoms with Crippen molar-refractivity contribution in [3.8, 4) is 5.69 Å². The van der Waals surface area contributed by atoms with Gasteiger partial charge in [0.25, 0.3) is 5.91 Å². The van der Waals surface area contributed by atoms with Crippen LogP contribution in [0.5, 0.6) is 0 Å². The highest BCUT2D eigenvalue weighted by molar-refractivity contribution is 7.09. The standard InChI is InChI=1S/C18H17FN4OS/c1-3-10-22(12-16-5-4-11-25-16)18(24)17-20-13(2)23(21-17)15-8-6-14(19)7-9-15/h3-9,11H,1,10,12H2,2H3. The first-order chi connectivity index (χ1) is 12.1. The molecule has 0 saturated carbocycles. The van der Waals surface area contributed by atoms with Gasteiger partial charge in [-0.3, -0.25) is 4.79 Å². The third kappa shape index (κ3) is 3.83. The summed E-state index contributed by atoms with van der Waals surface area (Å²) in [6.07, 6.45) is 1.68. The zero-order chi connectivity index (χ0) is 17.8. The highest BCUT2D eigenvalue weighted by Crippen LogP contribution is 2.15. The van der Waals surface area contributed by atoms with Crippen molar-refractivity contribution in [3.05, 3.63) is 76.8 Å². The van der Waals surface area contributed by atoms with Gasteiger partial charge >= 0.3 is 0 Å². The molecule has 2 aromatic heterocycles. The zero-order valence-electron chi connectivity index (χ0n) is 13.7. The SMILES string of the molecule is C=CCN(Cc1cccs1)C(=O)c1nc(C)n(-c2ccc(F)cc2)n1. The number of carbonyl (C=O) groups is 1. The summed E-state index contributed by atoms with van der Waals surface area (Å²) in [5.41, 5.74) is 0.652. The maximum atomic E-state index is 13.1. The molecule has 7 heteroatoms. The normalized spacial score (nSPS) is 10.6. The van der Waals surface area contributed by atoms with Gasteiger partial charge in [-0.05, 0) is 42.6 Å². The minimum absolute atomic E-state index is 0.111. The van der Waals surface area contributed by atoms with Crippen molar-refractivity contribution in [2.45, 2.75) is 13.5 Å². The van der Waals surface area contributed by atoms with Gasteiger partial charge < -0.3 is 4.90 Å². The molecule has 0 saturated heterocycles. The van der Waals surface area contributed by atoms with Gasteiger partial charge in [0.1, 0.15) is 11.6 Å². The van der Waals surface area contributed by atoms with E-state index in [0.29, 0.717) is 24.6 Å². The molecule has 0 radical (unpaired) electrons. The van der Waals surface area contributed by atoms with Crippen LogP contribution in [0.15, 0.2) is 54.4 Å². The zero-order valence-corrected chi connectivity index (χ0v) is 14.5. The van der Waals surface area contributed by atoms with Crippen LogP contribution in [0.25, 0.3) is 5.69 Å². The number of carbonyl (C=O) groups excluding carboxylic acids is 1. The number of aromatic nitrogens is 3. The first-order valence-electron chi connectivity index (χ1n) is 7.70. The lowest BCUT2D eigenvalue weighted by molar-refractivity contribution is 0.0752. The summed E-state index contributed by atoms with van der Waals surface area (Å²) in [6.45, 7) is 6.35. The number of thiophene rings is 1. The van der Waals surface area contributed by atoms with Crippen molar-refractivity contribution in [1.82, 2.24) is 19.7 Å². The van der Waals surface area contributed by atoms with Crippen LogP contribution in [-0.4, -0.2) is 32.1 Å². The molecule has 3 aromatic rings. The number of hydrogen-bond acceptors (Lipinski definition) is 4. The molecule has 128 valence electrons. The fourth-order valence-electron chi connectivity index (χ4n) is 2.41. The largest absolute Gasteiger partial charge is 0.327 e. The van der Waals surface area contributed by atoms with Gasteiger partial charge in [-0.1, -0.05) is 12.1 Å². The van der Waals surface area contributed by atoms with Crippen molar-refractivity contribution in [2.24, 2.45) is 0 Å². The summed E-state index contributed by atoms with van der Waals surface area (Å²) in [5.74, 6) is 0.0769. The molecule has 0 aliphatic carbocycles. The predicted octanol–water partition coefficient (Wildman–Crippen LogP) is 3.60. The monoisotopic (exact) mass is 356 g/mol. The van der Waals surface area contributed by atoms with Crippen molar-refractivity contribution in [1.29, 1.82) is 0 Å².